The van der Waals surface area contributed by atoms with Crippen molar-refractivity contribution in [3.63, 3.8) is 0 Å². The highest BCUT2D eigenvalue weighted by Crippen LogP contribution is 2.33. The number of thioether (sulfide) groups is 1. The standard InChI is InChI=1S/C18H14ClN3O3S/c19-14-9-5-4-6-12(14)11-20-21-18-22(13-7-2-1-3-8-13)17(25)15(26-18)10-16(23)24/h1-9,11,15H,10H2,(H,23,24)/b20-11+,21-18-. The average molecular weight is 388 g/mol. The van der Waals surface area contributed by atoms with E-state index in [1.165, 1.54) is 11.1 Å². The van der Waals surface area contributed by atoms with Crippen molar-refractivity contribution in [2.45, 2.75) is 11.7 Å². The van der Waals surface area contributed by atoms with Crippen molar-refractivity contribution in [1.82, 2.24) is 0 Å². The molecule has 1 amide bonds. The number of amides is 1. The molecule has 2 aromatic rings. The van der Waals surface area contributed by atoms with Crippen LogP contribution in [0.3, 0.4) is 0 Å². The summed E-state index contributed by atoms with van der Waals surface area (Å²) < 4.78 is 0. The summed E-state index contributed by atoms with van der Waals surface area (Å²) in [4.78, 5) is 25.0. The lowest BCUT2D eigenvalue weighted by molar-refractivity contribution is -0.138. The van der Waals surface area contributed by atoms with E-state index in [-0.39, 0.29) is 12.3 Å². The lowest BCUT2D eigenvalue weighted by Gasteiger charge is -2.15. The van der Waals surface area contributed by atoms with Crippen LogP contribution in [-0.4, -0.2) is 33.6 Å². The van der Waals surface area contributed by atoms with Crippen molar-refractivity contribution < 1.29 is 14.7 Å². The summed E-state index contributed by atoms with van der Waals surface area (Å²) in [6.45, 7) is 0. The largest absolute Gasteiger partial charge is 0.481 e. The molecule has 1 saturated heterocycles. The van der Waals surface area contributed by atoms with Gasteiger partial charge in [-0.3, -0.25) is 14.5 Å². The Bertz CT molecular complexity index is 886. The number of benzene rings is 2. The van der Waals surface area contributed by atoms with E-state index in [1.54, 1.807) is 36.4 Å². The van der Waals surface area contributed by atoms with E-state index >= 15 is 0 Å². The third-order valence-corrected chi connectivity index (χ3v) is 5.03. The number of amidine groups is 1. The molecule has 1 atom stereocenters. The summed E-state index contributed by atoms with van der Waals surface area (Å²) in [5.74, 6) is -1.36. The van der Waals surface area contributed by atoms with Gasteiger partial charge in [-0.15, -0.1) is 5.10 Å². The first kappa shape index (κ1) is 18.2. The number of hydrogen-bond donors (Lipinski definition) is 1. The number of carboxylic acid groups (broad SMARTS) is 1. The zero-order valence-corrected chi connectivity index (χ0v) is 15.0. The van der Waals surface area contributed by atoms with Gasteiger partial charge in [0, 0.05) is 10.6 Å². The van der Waals surface area contributed by atoms with E-state index < -0.39 is 11.2 Å². The Morgan fingerprint density at radius 2 is 1.88 bits per heavy atom. The Balaban J connectivity index is 1.90. The van der Waals surface area contributed by atoms with E-state index in [4.69, 9.17) is 16.7 Å². The molecule has 26 heavy (non-hydrogen) atoms. The number of hydrogen-bond acceptors (Lipinski definition) is 5. The summed E-state index contributed by atoms with van der Waals surface area (Å²) >= 11 is 7.16. The number of carbonyl (C=O) groups excluding carboxylic acids is 1. The summed E-state index contributed by atoms with van der Waals surface area (Å²) in [6, 6.07) is 16.1. The molecule has 1 unspecified atom stereocenters. The molecular weight excluding hydrogens is 374 g/mol. The Kier molecular flexibility index (Phi) is 5.70. The van der Waals surface area contributed by atoms with Crippen LogP contribution in [0.1, 0.15) is 12.0 Å². The molecule has 132 valence electrons. The fourth-order valence-corrected chi connectivity index (χ4v) is 3.63. The highest BCUT2D eigenvalue weighted by molar-refractivity contribution is 8.16. The number of carbonyl (C=O) groups is 2. The van der Waals surface area contributed by atoms with Crippen molar-refractivity contribution in [3.05, 3.63) is 65.2 Å². The fraction of sp³-hybridized carbons (Fsp3) is 0.111. The molecule has 0 radical (unpaired) electrons. The van der Waals surface area contributed by atoms with Gasteiger partial charge in [-0.2, -0.15) is 5.10 Å². The van der Waals surface area contributed by atoms with Crippen LogP contribution in [0, 0.1) is 0 Å². The molecule has 0 aliphatic carbocycles. The monoisotopic (exact) mass is 387 g/mol. The molecule has 1 heterocycles. The van der Waals surface area contributed by atoms with Gasteiger partial charge >= 0.3 is 5.97 Å². The van der Waals surface area contributed by atoms with Gasteiger partial charge in [-0.25, -0.2) is 0 Å². The minimum Gasteiger partial charge on any atom is -0.481 e. The Labute approximate surface area is 159 Å². The van der Waals surface area contributed by atoms with Gasteiger partial charge in [0.1, 0.15) is 5.25 Å². The highest BCUT2D eigenvalue weighted by Gasteiger charge is 2.40. The second-order valence-corrected chi connectivity index (χ2v) is 6.94. The second-order valence-electron chi connectivity index (χ2n) is 5.36. The number of aliphatic carboxylic acids is 1. The molecule has 6 nitrogen and oxygen atoms in total. The first-order chi connectivity index (χ1) is 12.6. The molecular formula is C18H14ClN3O3S. The van der Waals surface area contributed by atoms with Crippen LogP contribution < -0.4 is 4.90 Å². The highest BCUT2D eigenvalue weighted by atomic mass is 35.5. The molecule has 1 aliphatic heterocycles. The molecule has 1 fully saturated rings. The van der Waals surface area contributed by atoms with Crippen molar-refractivity contribution in [3.8, 4) is 0 Å². The van der Waals surface area contributed by atoms with Gasteiger partial charge in [0.05, 0.1) is 18.3 Å². The number of halogens is 1. The lowest BCUT2D eigenvalue weighted by Crippen LogP contribution is -2.32. The number of carboxylic acids is 1. The molecule has 3 rings (SSSR count). The predicted molar refractivity (Wildman–Crippen MR) is 104 cm³/mol. The Morgan fingerprint density at radius 3 is 2.58 bits per heavy atom. The first-order valence-electron chi connectivity index (χ1n) is 7.69. The SMILES string of the molecule is O=C(O)CC1S/C(=N\N=C\c2ccccc2Cl)N(c2ccccc2)C1=O. The number of rotatable bonds is 5. The second kappa shape index (κ2) is 8.16. The van der Waals surface area contributed by atoms with Crippen LogP contribution >= 0.6 is 23.4 Å². The lowest BCUT2D eigenvalue weighted by atomic mass is 10.2. The van der Waals surface area contributed by atoms with Crippen LogP contribution in [0.5, 0.6) is 0 Å². The van der Waals surface area contributed by atoms with Gasteiger partial charge < -0.3 is 5.11 Å². The number of nitrogens with zero attached hydrogens (tertiary/aromatic N) is 3. The minimum atomic E-state index is -1.04. The molecule has 0 aromatic heterocycles. The Hall–Kier alpha value is -2.64. The van der Waals surface area contributed by atoms with E-state index in [9.17, 15) is 9.59 Å². The van der Waals surface area contributed by atoms with Crippen molar-refractivity contribution in [2.75, 3.05) is 4.90 Å². The molecule has 2 aromatic carbocycles. The molecule has 1 aliphatic rings. The molecule has 0 saturated carbocycles. The van der Waals surface area contributed by atoms with Crippen molar-refractivity contribution >= 4 is 52.3 Å². The summed E-state index contributed by atoms with van der Waals surface area (Å²) in [6.07, 6.45) is 1.22. The molecule has 0 spiro atoms. The number of para-hydroxylation sites is 1. The molecule has 1 N–H and O–H groups in total. The normalized spacial score (nSPS) is 18.8. The van der Waals surface area contributed by atoms with E-state index in [0.717, 1.165) is 11.8 Å². The quantitative estimate of drug-likeness (QED) is 0.627. The maximum absolute atomic E-state index is 12.6. The topological polar surface area (TPSA) is 82.3 Å². The third-order valence-electron chi connectivity index (χ3n) is 3.55. The average Bonchev–Trinajstić information content (AvgIpc) is 2.92. The summed E-state index contributed by atoms with van der Waals surface area (Å²) in [5, 5.41) is 17.3. The van der Waals surface area contributed by atoms with Crippen molar-refractivity contribution in [2.24, 2.45) is 10.2 Å². The zero-order chi connectivity index (χ0) is 18.5. The van der Waals surface area contributed by atoms with Crippen molar-refractivity contribution in [1.29, 1.82) is 0 Å². The fourth-order valence-electron chi connectivity index (χ4n) is 2.36. The molecule has 0 bridgehead atoms. The van der Waals surface area contributed by atoms with Crippen LogP contribution in [0.25, 0.3) is 0 Å². The molecule has 8 heteroatoms. The van der Waals surface area contributed by atoms with E-state index in [2.05, 4.69) is 10.2 Å². The Morgan fingerprint density at radius 1 is 1.19 bits per heavy atom. The maximum atomic E-state index is 12.6. The van der Waals surface area contributed by atoms with E-state index in [1.807, 2.05) is 18.2 Å². The predicted octanol–water partition coefficient (Wildman–Crippen LogP) is 3.65. The van der Waals surface area contributed by atoms with Gasteiger partial charge in [0.15, 0.2) is 5.17 Å². The van der Waals surface area contributed by atoms with Gasteiger partial charge in [0.2, 0.25) is 5.91 Å². The van der Waals surface area contributed by atoms with Crippen LogP contribution in [0.15, 0.2) is 64.8 Å². The van der Waals surface area contributed by atoms with Crippen LogP contribution in [0.4, 0.5) is 5.69 Å². The van der Waals surface area contributed by atoms with Crippen LogP contribution in [-0.2, 0) is 9.59 Å². The number of anilines is 1. The summed E-state index contributed by atoms with van der Waals surface area (Å²) in [5.41, 5.74) is 1.31. The zero-order valence-electron chi connectivity index (χ0n) is 13.4. The minimum absolute atomic E-state index is 0.278. The smallest absolute Gasteiger partial charge is 0.305 e. The van der Waals surface area contributed by atoms with E-state index in [0.29, 0.717) is 21.4 Å². The summed E-state index contributed by atoms with van der Waals surface area (Å²) in [7, 11) is 0. The van der Waals surface area contributed by atoms with Crippen LogP contribution in [0.2, 0.25) is 5.02 Å². The van der Waals surface area contributed by atoms with Gasteiger partial charge in [0.25, 0.3) is 0 Å². The maximum Gasteiger partial charge on any atom is 0.305 e. The van der Waals surface area contributed by atoms with Gasteiger partial charge in [-0.1, -0.05) is 59.8 Å². The van der Waals surface area contributed by atoms with Gasteiger partial charge in [-0.05, 0) is 18.2 Å². The third kappa shape index (κ3) is 4.12. The first-order valence-corrected chi connectivity index (χ1v) is 8.95.